The van der Waals surface area contributed by atoms with Crippen molar-refractivity contribution in [1.82, 2.24) is 9.80 Å². The van der Waals surface area contributed by atoms with Crippen molar-refractivity contribution < 1.29 is 14.4 Å². The van der Waals surface area contributed by atoms with Crippen molar-refractivity contribution >= 4 is 61.3 Å². The minimum absolute atomic E-state index is 0.0178. The van der Waals surface area contributed by atoms with E-state index in [1.807, 2.05) is 11.2 Å². The van der Waals surface area contributed by atoms with Gasteiger partial charge in [0.15, 0.2) is 0 Å². The van der Waals surface area contributed by atoms with Crippen LogP contribution >= 0.6 is 43.6 Å². The maximum Gasteiger partial charge on any atom is 0.245 e. The molecule has 7 atom stereocenters. The van der Waals surface area contributed by atoms with E-state index >= 15 is 0 Å². The molecule has 0 radical (unpaired) electrons. The summed E-state index contributed by atoms with van der Waals surface area (Å²) in [6.07, 6.45) is 7.78. The Balaban J connectivity index is 1.59. The van der Waals surface area contributed by atoms with Gasteiger partial charge in [0.2, 0.25) is 17.7 Å². The Labute approximate surface area is 188 Å². The van der Waals surface area contributed by atoms with Gasteiger partial charge in [-0.25, -0.2) is 0 Å². The smallest absolute Gasteiger partial charge is 0.245 e. The minimum atomic E-state index is -0.627. The molecule has 0 aromatic carbocycles. The number of imide groups is 1. The zero-order chi connectivity index (χ0) is 20.0. The highest BCUT2D eigenvalue weighted by molar-refractivity contribution is 9.12. The van der Waals surface area contributed by atoms with E-state index in [1.54, 1.807) is 11.8 Å². The van der Waals surface area contributed by atoms with Gasteiger partial charge in [-0.15, -0.1) is 0 Å². The molecule has 0 unspecified atom stereocenters. The summed E-state index contributed by atoms with van der Waals surface area (Å²) in [5.41, 5.74) is 0. The summed E-state index contributed by atoms with van der Waals surface area (Å²) in [5.74, 6) is 0.447. The highest BCUT2D eigenvalue weighted by Gasteiger charge is 2.67. The molecule has 8 heteroatoms. The third-order valence-corrected chi connectivity index (χ3v) is 11.0. The number of likely N-dealkylation sites (tertiary alicyclic amines) is 2. The molecule has 4 aliphatic rings. The molecule has 3 amide bonds. The monoisotopic (exact) mass is 534 g/mol. The van der Waals surface area contributed by atoms with Crippen LogP contribution in [0.2, 0.25) is 0 Å². The second-order valence-electron chi connectivity index (χ2n) is 8.59. The first-order chi connectivity index (χ1) is 13.5. The van der Waals surface area contributed by atoms with Crippen LogP contribution in [0.1, 0.15) is 38.5 Å². The van der Waals surface area contributed by atoms with Crippen molar-refractivity contribution in [1.29, 1.82) is 0 Å². The SMILES string of the molecule is CSCC[C@H](C(=O)N1CCCCCC1)N1C(=O)[C@@H]2[C@H]3C[C@@H]([C@H](Br)[C@H]3Br)[C@@H]2C1=O. The number of alkyl halides is 2. The molecule has 2 heterocycles. The Kier molecular flexibility index (Phi) is 6.48. The summed E-state index contributed by atoms with van der Waals surface area (Å²) >= 11 is 9.13. The molecule has 0 spiro atoms. The molecule has 2 saturated heterocycles. The van der Waals surface area contributed by atoms with Gasteiger partial charge in [0.05, 0.1) is 11.8 Å². The van der Waals surface area contributed by atoms with E-state index < -0.39 is 6.04 Å². The van der Waals surface area contributed by atoms with Crippen LogP contribution in [0.3, 0.4) is 0 Å². The maximum absolute atomic E-state index is 13.4. The molecule has 0 N–H and O–H groups in total. The minimum Gasteiger partial charge on any atom is -0.341 e. The average molecular weight is 536 g/mol. The lowest BCUT2D eigenvalue weighted by atomic mass is 9.81. The van der Waals surface area contributed by atoms with E-state index in [9.17, 15) is 14.4 Å². The molecule has 0 aromatic rings. The van der Waals surface area contributed by atoms with Crippen molar-refractivity contribution in [2.45, 2.75) is 54.2 Å². The van der Waals surface area contributed by atoms with Crippen molar-refractivity contribution in [2.24, 2.45) is 23.7 Å². The predicted octanol–water partition coefficient (Wildman–Crippen LogP) is 3.29. The molecule has 5 nitrogen and oxygen atoms in total. The molecule has 0 aromatic heterocycles. The van der Waals surface area contributed by atoms with Gasteiger partial charge in [-0.05, 0) is 49.5 Å². The summed E-state index contributed by atoms with van der Waals surface area (Å²) in [6, 6.07) is -0.627. The molecule has 28 heavy (non-hydrogen) atoms. The van der Waals surface area contributed by atoms with Crippen molar-refractivity contribution in [3.05, 3.63) is 0 Å². The summed E-state index contributed by atoms with van der Waals surface area (Å²) in [5, 5.41) is 0. The Morgan fingerprint density at radius 2 is 1.57 bits per heavy atom. The number of carbonyl (C=O) groups is 3. The van der Waals surface area contributed by atoms with E-state index in [0.717, 1.165) is 50.9 Å². The highest BCUT2D eigenvalue weighted by Crippen LogP contribution is 2.60. The van der Waals surface area contributed by atoms with E-state index in [4.69, 9.17) is 0 Å². The van der Waals surface area contributed by atoms with Crippen molar-refractivity contribution in [3.63, 3.8) is 0 Å². The highest BCUT2D eigenvalue weighted by atomic mass is 79.9. The van der Waals surface area contributed by atoms with Crippen LogP contribution in [-0.4, -0.2) is 68.3 Å². The zero-order valence-electron chi connectivity index (χ0n) is 16.2. The van der Waals surface area contributed by atoms with Gasteiger partial charge in [-0.3, -0.25) is 19.3 Å². The van der Waals surface area contributed by atoms with Crippen LogP contribution in [0.4, 0.5) is 0 Å². The second-order valence-corrected chi connectivity index (χ2v) is 11.7. The molecular formula is C20H28Br2N2O3S. The van der Waals surface area contributed by atoms with Gasteiger partial charge in [-0.2, -0.15) is 11.8 Å². The molecular weight excluding hydrogens is 508 g/mol. The normalized spacial score (nSPS) is 38.7. The topological polar surface area (TPSA) is 57.7 Å². The predicted molar refractivity (Wildman–Crippen MR) is 118 cm³/mol. The molecule has 2 aliphatic carbocycles. The third-order valence-electron chi connectivity index (χ3n) is 7.13. The lowest BCUT2D eigenvalue weighted by Crippen LogP contribution is -2.52. The van der Waals surface area contributed by atoms with Gasteiger partial charge in [0.25, 0.3) is 0 Å². The van der Waals surface area contributed by atoms with E-state index in [2.05, 4.69) is 31.9 Å². The summed E-state index contributed by atoms with van der Waals surface area (Å²) in [4.78, 5) is 43.9. The Bertz CT molecular complexity index is 623. The van der Waals surface area contributed by atoms with Crippen molar-refractivity contribution in [3.8, 4) is 0 Å². The van der Waals surface area contributed by atoms with Gasteiger partial charge in [0, 0.05) is 22.7 Å². The van der Waals surface area contributed by atoms with Crippen LogP contribution in [0, 0.1) is 23.7 Å². The van der Waals surface area contributed by atoms with E-state index in [0.29, 0.717) is 6.42 Å². The Hall–Kier alpha value is -0.0800. The fraction of sp³-hybridized carbons (Fsp3) is 0.850. The average Bonchev–Trinajstić information content (AvgIpc) is 3.17. The zero-order valence-corrected chi connectivity index (χ0v) is 20.2. The van der Waals surface area contributed by atoms with E-state index in [-0.39, 0.29) is 51.0 Å². The quantitative estimate of drug-likeness (QED) is 0.400. The van der Waals surface area contributed by atoms with Gasteiger partial charge in [0.1, 0.15) is 6.04 Å². The number of rotatable bonds is 5. The largest absolute Gasteiger partial charge is 0.341 e. The first-order valence-electron chi connectivity index (χ1n) is 10.4. The maximum atomic E-state index is 13.4. The first-order valence-corrected chi connectivity index (χ1v) is 13.6. The number of hydrogen-bond acceptors (Lipinski definition) is 4. The third kappa shape index (κ3) is 3.39. The number of carbonyl (C=O) groups excluding carboxylic acids is 3. The van der Waals surface area contributed by atoms with Crippen LogP contribution in [0.25, 0.3) is 0 Å². The fourth-order valence-corrected chi connectivity index (χ4v) is 8.11. The summed E-state index contributed by atoms with van der Waals surface area (Å²) in [7, 11) is 0. The number of nitrogens with zero attached hydrogens (tertiary/aromatic N) is 2. The lowest BCUT2D eigenvalue weighted by molar-refractivity contribution is -0.152. The Morgan fingerprint density at radius 1 is 1.04 bits per heavy atom. The second kappa shape index (κ2) is 8.58. The fourth-order valence-electron chi connectivity index (χ4n) is 5.77. The van der Waals surface area contributed by atoms with Crippen LogP contribution < -0.4 is 0 Å². The number of halogens is 2. The lowest BCUT2D eigenvalue weighted by Gasteiger charge is -2.31. The molecule has 4 rings (SSSR count). The Morgan fingerprint density at radius 3 is 2.07 bits per heavy atom. The van der Waals surface area contributed by atoms with Gasteiger partial charge >= 0.3 is 0 Å². The standard InChI is InChI=1S/C20H28Br2N2O3S/c1-28-9-6-13(18(25)23-7-4-2-3-5-8-23)24-19(26)14-11-10-12(15(14)20(24)27)17(22)16(11)21/h11-17H,2-10H2,1H3/t11-,12-,13-,14-,15+,16+,17+/m1/s1. The molecule has 156 valence electrons. The van der Waals surface area contributed by atoms with E-state index in [1.165, 1.54) is 4.90 Å². The number of amides is 3. The molecule has 2 saturated carbocycles. The number of thioether (sulfide) groups is 1. The number of fused-ring (bicyclic) bond motifs is 5. The molecule has 4 fully saturated rings. The van der Waals surface area contributed by atoms with Gasteiger partial charge < -0.3 is 4.90 Å². The summed E-state index contributed by atoms with van der Waals surface area (Å²) < 4.78 is 0. The first kappa shape index (κ1) is 21.2. The van der Waals surface area contributed by atoms with Crippen molar-refractivity contribution in [2.75, 3.05) is 25.1 Å². The van der Waals surface area contributed by atoms with Crippen LogP contribution in [0.15, 0.2) is 0 Å². The molecule has 2 aliphatic heterocycles. The van der Waals surface area contributed by atoms with Gasteiger partial charge in [-0.1, -0.05) is 44.7 Å². The summed E-state index contributed by atoms with van der Waals surface area (Å²) in [6.45, 7) is 1.49. The van der Waals surface area contributed by atoms with Crippen LogP contribution in [0.5, 0.6) is 0 Å². The van der Waals surface area contributed by atoms with Crippen LogP contribution in [-0.2, 0) is 14.4 Å². The molecule has 2 bridgehead atoms. The number of hydrogen-bond donors (Lipinski definition) is 0.